The lowest BCUT2D eigenvalue weighted by atomic mass is 10.5. The molecule has 0 saturated carbocycles. The van der Waals surface area contributed by atoms with Crippen molar-refractivity contribution in [2.75, 3.05) is 20.4 Å². The van der Waals surface area contributed by atoms with Crippen LogP contribution in [0.5, 0.6) is 0 Å². The van der Waals surface area contributed by atoms with Crippen molar-refractivity contribution in [1.29, 1.82) is 0 Å². The molecule has 2 atom stereocenters. The quantitative estimate of drug-likeness (QED) is 0.432. The van der Waals surface area contributed by atoms with Gasteiger partial charge >= 0.3 is 9.28 Å². The molecule has 11 heavy (non-hydrogen) atoms. The summed E-state index contributed by atoms with van der Waals surface area (Å²) >= 11 is 0. The van der Waals surface area contributed by atoms with Gasteiger partial charge in [-0.15, -0.1) is 0 Å². The molecule has 0 aliphatic carbocycles. The van der Waals surface area contributed by atoms with Gasteiger partial charge < -0.3 is 18.3 Å². The van der Waals surface area contributed by atoms with Crippen molar-refractivity contribution in [3.8, 4) is 0 Å². The fraction of sp³-hybridized carbons (Fsp3) is 1.00. The average molecular weight is 178 g/mol. The third-order valence-electron chi connectivity index (χ3n) is 1.58. The summed E-state index contributed by atoms with van der Waals surface area (Å²) in [5, 5.41) is 0. The molecule has 0 bridgehead atoms. The SMILES string of the molecule is CO[SiH](COC1OC1C)OC. The molecule has 1 saturated heterocycles. The number of ether oxygens (including phenoxy) is 2. The fourth-order valence-electron chi connectivity index (χ4n) is 0.747. The van der Waals surface area contributed by atoms with Crippen LogP contribution < -0.4 is 0 Å². The second-order valence-corrected chi connectivity index (χ2v) is 4.58. The Labute approximate surface area is 68.2 Å². The Morgan fingerprint density at radius 3 is 2.27 bits per heavy atom. The molecule has 0 amide bonds. The van der Waals surface area contributed by atoms with Crippen molar-refractivity contribution < 1.29 is 18.3 Å². The van der Waals surface area contributed by atoms with E-state index in [4.69, 9.17) is 18.3 Å². The van der Waals surface area contributed by atoms with E-state index in [9.17, 15) is 0 Å². The van der Waals surface area contributed by atoms with Crippen LogP contribution in [-0.2, 0) is 18.3 Å². The minimum atomic E-state index is -1.54. The van der Waals surface area contributed by atoms with E-state index in [1.54, 1.807) is 14.2 Å². The van der Waals surface area contributed by atoms with Gasteiger partial charge in [0, 0.05) is 14.2 Å². The molecular formula is C6H14O4Si. The minimum absolute atomic E-state index is 0.0182. The largest absolute Gasteiger partial charge is 0.399 e. The Hall–Kier alpha value is 0.0569. The van der Waals surface area contributed by atoms with Crippen LogP contribution in [-0.4, -0.2) is 42.1 Å². The third-order valence-corrected chi connectivity index (χ3v) is 3.09. The summed E-state index contributed by atoms with van der Waals surface area (Å²) in [5.41, 5.74) is 0. The van der Waals surface area contributed by atoms with Crippen molar-refractivity contribution in [3.63, 3.8) is 0 Å². The van der Waals surface area contributed by atoms with Crippen molar-refractivity contribution in [1.82, 2.24) is 0 Å². The van der Waals surface area contributed by atoms with Crippen LogP contribution in [0, 0.1) is 0 Å². The summed E-state index contributed by atoms with van der Waals surface area (Å²) in [6.45, 7) is 1.97. The zero-order valence-corrected chi connectivity index (χ0v) is 8.23. The highest BCUT2D eigenvalue weighted by Gasteiger charge is 2.36. The molecule has 1 aliphatic heterocycles. The van der Waals surface area contributed by atoms with Gasteiger partial charge in [-0.05, 0) is 6.92 Å². The molecular weight excluding hydrogens is 164 g/mol. The molecule has 1 heterocycles. The Balaban J connectivity index is 2.01. The van der Waals surface area contributed by atoms with Crippen LogP contribution in [0.25, 0.3) is 0 Å². The van der Waals surface area contributed by atoms with Gasteiger partial charge in [0.05, 0.1) is 6.23 Å². The van der Waals surface area contributed by atoms with Crippen LogP contribution in [0.3, 0.4) is 0 Å². The molecule has 5 heteroatoms. The summed E-state index contributed by atoms with van der Waals surface area (Å²) < 4.78 is 20.4. The van der Waals surface area contributed by atoms with Crippen LogP contribution in [0.4, 0.5) is 0 Å². The molecule has 0 aromatic carbocycles. The molecule has 1 fully saturated rings. The van der Waals surface area contributed by atoms with Crippen LogP contribution in [0.1, 0.15) is 6.92 Å². The zero-order valence-electron chi connectivity index (χ0n) is 7.07. The van der Waals surface area contributed by atoms with Crippen molar-refractivity contribution in [3.05, 3.63) is 0 Å². The lowest BCUT2D eigenvalue weighted by Crippen LogP contribution is -2.27. The van der Waals surface area contributed by atoms with E-state index in [1.807, 2.05) is 6.92 Å². The van der Waals surface area contributed by atoms with Gasteiger partial charge in [0.2, 0.25) is 0 Å². The van der Waals surface area contributed by atoms with E-state index in [2.05, 4.69) is 0 Å². The average Bonchev–Trinajstić information content (AvgIpc) is 2.69. The van der Waals surface area contributed by atoms with Crippen molar-refractivity contribution in [2.24, 2.45) is 0 Å². The molecule has 2 unspecified atom stereocenters. The maximum atomic E-state index is 5.30. The number of rotatable bonds is 5. The van der Waals surface area contributed by atoms with Gasteiger partial charge in [0.25, 0.3) is 0 Å². The highest BCUT2D eigenvalue weighted by atomic mass is 28.3. The monoisotopic (exact) mass is 178 g/mol. The second kappa shape index (κ2) is 4.17. The Bertz CT molecular complexity index is 117. The van der Waals surface area contributed by atoms with Gasteiger partial charge in [-0.3, -0.25) is 0 Å². The number of hydrogen-bond donors (Lipinski definition) is 0. The van der Waals surface area contributed by atoms with Gasteiger partial charge in [0.1, 0.15) is 6.10 Å². The highest BCUT2D eigenvalue weighted by Crippen LogP contribution is 2.21. The van der Waals surface area contributed by atoms with E-state index in [-0.39, 0.29) is 12.4 Å². The maximum Gasteiger partial charge on any atom is 0.347 e. The van der Waals surface area contributed by atoms with Gasteiger partial charge in [-0.25, -0.2) is 0 Å². The van der Waals surface area contributed by atoms with Crippen LogP contribution in [0.2, 0.25) is 0 Å². The first-order valence-electron chi connectivity index (χ1n) is 3.60. The molecule has 1 aliphatic rings. The summed E-state index contributed by atoms with van der Waals surface area (Å²) in [6, 6.07) is 0. The smallest absolute Gasteiger partial charge is 0.347 e. The van der Waals surface area contributed by atoms with Crippen LogP contribution >= 0.6 is 0 Å². The molecule has 0 N–H and O–H groups in total. The summed E-state index contributed by atoms with van der Waals surface area (Å²) in [7, 11) is 1.74. The fourth-order valence-corrected chi connectivity index (χ4v) is 1.56. The predicted molar refractivity (Wildman–Crippen MR) is 41.5 cm³/mol. The first kappa shape index (κ1) is 9.15. The normalized spacial score (nSPS) is 29.5. The zero-order chi connectivity index (χ0) is 8.27. The Morgan fingerprint density at radius 2 is 1.91 bits per heavy atom. The Morgan fingerprint density at radius 1 is 1.36 bits per heavy atom. The summed E-state index contributed by atoms with van der Waals surface area (Å²) in [6.07, 6.45) is 0.788. The van der Waals surface area contributed by atoms with Gasteiger partial charge in [-0.2, -0.15) is 0 Å². The second-order valence-electron chi connectivity index (χ2n) is 2.44. The third kappa shape index (κ3) is 2.88. The highest BCUT2D eigenvalue weighted by molar-refractivity contribution is 6.44. The molecule has 1 rings (SSSR count). The minimum Gasteiger partial charge on any atom is -0.399 e. The maximum absolute atomic E-state index is 5.30. The first-order chi connectivity index (χ1) is 5.27. The summed E-state index contributed by atoms with van der Waals surface area (Å²) in [4.78, 5) is 0. The van der Waals surface area contributed by atoms with E-state index < -0.39 is 9.28 Å². The van der Waals surface area contributed by atoms with E-state index >= 15 is 0 Å². The van der Waals surface area contributed by atoms with E-state index in [1.165, 1.54) is 0 Å². The lowest BCUT2D eigenvalue weighted by Gasteiger charge is -2.09. The molecule has 0 radical (unpaired) electrons. The number of epoxide rings is 1. The van der Waals surface area contributed by atoms with E-state index in [0.717, 1.165) is 0 Å². The number of hydrogen-bond acceptors (Lipinski definition) is 4. The predicted octanol–water partition coefficient (Wildman–Crippen LogP) is -0.200. The Kier molecular flexibility index (Phi) is 3.47. The molecule has 4 nitrogen and oxygen atoms in total. The molecule has 0 aromatic rings. The molecule has 0 aromatic heterocycles. The van der Waals surface area contributed by atoms with Crippen LogP contribution in [0.15, 0.2) is 0 Å². The van der Waals surface area contributed by atoms with Gasteiger partial charge in [-0.1, -0.05) is 0 Å². The molecule has 0 spiro atoms. The summed E-state index contributed by atoms with van der Waals surface area (Å²) in [5.74, 6) is 0. The topological polar surface area (TPSA) is 40.2 Å². The van der Waals surface area contributed by atoms with Crippen molar-refractivity contribution in [2.45, 2.75) is 19.3 Å². The van der Waals surface area contributed by atoms with E-state index in [0.29, 0.717) is 6.23 Å². The van der Waals surface area contributed by atoms with Gasteiger partial charge in [0.15, 0.2) is 6.29 Å². The first-order valence-corrected chi connectivity index (χ1v) is 5.36. The lowest BCUT2D eigenvalue weighted by molar-refractivity contribution is 0.0620. The molecule has 66 valence electrons. The standard InChI is InChI=1S/C6H14O4Si/c1-5-6(10-5)9-4-11(7-2)8-3/h5-6,11H,4H2,1-3H3. The van der Waals surface area contributed by atoms with Crippen molar-refractivity contribution >= 4 is 9.28 Å².